The molecule has 0 spiro atoms. The number of carbonyl (C=O) groups excluding carboxylic acids is 2. The molecule has 0 aliphatic carbocycles. The summed E-state index contributed by atoms with van der Waals surface area (Å²) in [4.78, 5) is 40.5. The van der Waals surface area contributed by atoms with Crippen molar-refractivity contribution in [3.05, 3.63) is 100 Å². The Morgan fingerprint density at radius 3 is 2.16 bits per heavy atom. The van der Waals surface area contributed by atoms with Crippen LogP contribution in [0.5, 0.6) is 23.0 Å². The summed E-state index contributed by atoms with van der Waals surface area (Å²) in [7, 11) is 3.13. The number of carbonyl (C=O) groups is 2. The number of hydrogen-bond donors (Lipinski definition) is 3. The standard InChI is InChI=1S/C44H50N6O7/c1-4-28-10-6-7-11-30(28)26-49-15-14-46-36-22-40(38(54-2)20-34(36)43(49)52)56-16-8-5-9-17-57-41-23-37-35(21-39(41)55-3)44(53)50-27-31-18-32(48-42(51)24-45)13-12-29(31)19-33(50)25-47-37/h6-7,10-14,18,20-23,25,33,42,48,51H,4-5,8-9,15-17,19,24,26-27,45H2,1-3H3/t33-,42?/m0/s1. The van der Waals surface area contributed by atoms with E-state index in [1.165, 1.54) is 5.56 Å². The van der Waals surface area contributed by atoms with Crippen molar-refractivity contribution in [1.82, 2.24) is 9.80 Å². The normalized spacial score (nSPS) is 16.1. The molecule has 0 saturated carbocycles. The summed E-state index contributed by atoms with van der Waals surface area (Å²) in [5.41, 5.74) is 12.8. The fourth-order valence-electron chi connectivity index (χ4n) is 7.46. The quantitative estimate of drug-likeness (QED) is 0.0887. The lowest BCUT2D eigenvalue weighted by molar-refractivity contribution is 0.0702. The Bertz CT molecular complexity index is 2170. The third kappa shape index (κ3) is 8.74. The molecule has 4 N–H and O–H groups in total. The van der Waals surface area contributed by atoms with Gasteiger partial charge in [0.2, 0.25) is 0 Å². The molecule has 3 aliphatic rings. The maximum atomic E-state index is 13.9. The molecular formula is C44H50N6O7. The van der Waals surface area contributed by atoms with Gasteiger partial charge in [0.25, 0.3) is 11.8 Å². The number of anilines is 1. The van der Waals surface area contributed by atoms with E-state index in [-0.39, 0.29) is 24.4 Å². The van der Waals surface area contributed by atoms with Gasteiger partial charge in [0, 0.05) is 49.9 Å². The molecule has 0 radical (unpaired) electrons. The van der Waals surface area contributed by atoms with Crippen molar-refractivity contribution in [2.45, 2.75) is 64.4 Å². The maximum Gasteiger partial charge on any atom is 0.257 e. The highest BCUT2D eigenvalue weighted by molar-refractivity contribution is 6.04. The molecular weight excluding hydrogens is 725 g/mol. The molecule has 4 aromatic rings. The van der Waals surface area contributed by atoms with Crippen LogP contribution in [0.25, 0.3) is 0 Å². The van der Waals surface area contributed by atoms with Gasteiger partial charge in [-0.3, -0.25) is 19.6 Å². The Balaban J connectivity index is 0.925. The van der Waals surface area contributed by atoms with Crippen molar-refractivity contribution < 1.29 is 33.6 Å². The molecule has 13 nitrogen and oxygen atoms in total. The number of nitrogens with zero attached hydrogens (tertiary/aromatic N) is 4. The molecule has 2 atom stereocenters. The molecule has 0 bridgehead atoms. The van der Waals surface area contributed by atoms with Crippen LogP contribution in [-0.4, -0.2) is 91.9 Å². The largest absolute Gasteiger partial charge is 0.493 e. The van der Waals surface area contributed by atoms with E-state index in [1.54, 1.807) is 49.6 Å². The number of unbranched alkanes of at least 4 members (excludes halogenated alkanes) is 2. The van der Waals surface area contributed by atoms with Crippen LogP contribution in [0.4, 0.5) is 17.1 Å². The zero-order chi connectivity index (χ0) is 39.9. The topological polar surface area (TPSA) is 161 Å². The average Bonchev–Trinajstić information content (AvgIpc) is 3.46. The Labute approximate surface area is 333 Å². The molecule has 57 heavy (non-hydrogen) atoms. The summed E-state index contributed by atoms with van der Waals surface area (Å²) >= 11 is 0. The van der Waals surface area contributed by atoms with Crippen molar-refractivity contribution in [1.29, 1.82) is 0 Å². The number of aryl methyl sites for hydroxylation is 1. The molecule has 3 aliphatic heterocycles. The number of rotatable bonds is 16. The Morgan fingerprint density at radius 2 is 1.49 bits per heavy atom. The number of fused-ring (bicyclic) bond motifs is 4. The molecule has 0 fully saturated rings. The first-order valence-electron chi connectivity index (χ1n) is 19.5. The first kappa shape index (κ1) is 39.3. The number of aliphatic imine (C=N–C) groups is 2. The number of hydrogen-bond acceptors (Lipinski definition) is 11. The molecule has 0 saturated heterocycles. The zero-order valence-corrected chi connectivity index (χ0v) is 32.7. The molecule has 298 valence electrons. The molecule has 3 heterocycles. The van der Waals surface area contributed by atoms with Crippen LogP contribution in [0, 0.1) is 0 Å². The van der Waals surface area contributed by atoms with Gasteiger partial charge >= 0.3 is 0 Å². The Kier molecular flexibility index (Phi) is 12.4. The van der Waals surface area contributed by atoms with Crippen molar-refractivity contribution in [3.63, 3.8) is 0 Å². The highest BCUT2D eigenvalue weighted by Gasteiger charge is 2.34. The number of aliphatic hydroxyl groups excluding tert-OH is 1. The monoisotopic (exact) mass is 774 g/mol. The van der Waals surface area contributed by atoms with Crippen LogP contribution < -0.4 is 30.0 Å². The fourth-order valence-corrected chi connectivity index (χ4v) is 7.46. The lowest BCUT2D eigenvalue weighted by Gasteiger charge is -2.34. The van der Waals surface area contributed by atoms with E-state index in [1.807, 2.05) is 41.4 Å². The van der Waals surface area contributed by atoms with Gasteiger partial charge in [0.15, 0.2) is 23.0 Å². The van der Waals surface area contributed by atoms with Gasteiger partial charge < -0.3 is 44.9 Å². The van der Waals surface area contributed by atoms with E-state index in [0.29, 0.717) is 84.8 Å². The summed E-state index contributed by atoms with van der Waals surface area (Å²) in [5, 5.41) is 12.9. The second-order valence-corrected chi connectivity index (χ2v) is 14.3. The zero-order valence-electron chi connectivity index (χ0n) is 32.7. The van der Waals surface area contributed by atoms with E-state index < -0.39 is 6.23 Å². The third-order valence-corrected chi connectivity index (χ3v) is 10.6. The van der Waals surface area contributed by atoms with E-state index in [2.05, 4.69) is 29.4 Å². The number of aliphatic hydroxyl groups is 1. The second kappa shape index (κ2) is 17.9. The van der Waals surface area contributed by atoms with Crippen LogP contribution in [0.1, 0.15) is 69.2 Å². The minimum absolute atomic E-state index is 0.0870. The van der Waals surface area contributed by atoms with E-state index in [4.69, 9.17) is 29.7 Å². The second-order valence-electron chi connectivity index (χ2n) is 14.3. The summed E-state index contributed by atoms with van der Waals surface area (Å²) in [6, 6.07) is 20.9. The van der Waals surface area contributed by atoms with E-state index in [0.717, 1.165) is 48.1 Å². The fraction of sp³-hybridized carbons (Fsp3) is 0.364. The minimum Gasteiger partial charge on any atom is -0.493 e. The molecule has 2 amide bonds. The van der Waals surface area contributed by atoms with Crippen LogP contribution in [0.15, 0.2) is 76.7 Å². The van der Waals surface area contributed by atoms with Gasteiger partial charge in [-0.25, -0.2) is 0 Å². The van der Waals surface area contributed by atoms with Crippen molar-refractivity contribution in [3.8, 4) is 23.0 Å². The molecule has 7 rings (SSSR count). The van der Waals surface area contributed by atoms with Crippen LogP contribution in [-0.2, 0) is 25.9 Å². The summed E-state index contributed by atoms with van der Waals surface area (Å²) < 4.78 is 23.6. The first-order chi connectivity index (χ1) is 27.8. The SMILES string of the molecule is CCc1ccccc1CN1CC=Nc2cc(OCCCCCOc3cc4c(cc3OC)C(=O)N3Cc5cc(NC(O)CN)ccc5C[C@H]3C=N4)c(OC)cc2C1=O. The first-order valence-corrected chi connectivity index (χ1v) is 19.5. The smallest absolute Gasteiger partial charge is 0.257 e. The third-order valence-electron chi connectivity index (χ3n) is 10.6. The highest BCUT2D eigenvalue weighted by atomic mass is 16.5. The van der Waals surface area contributed by atoms with Gasteiger partial charge in [-0.05, 0) is 78.6 Å². The van der Waals surface area contributed by atoms with Gasteiger partial charge in [-0.1, -0.05) is 37.3 Å². The number of ether oxygens (including phenoxy) is 4. The summed E-state index contributed by atoms with van der Waals surface area (Å²) in [5.74, 6) is 1.77. The van der Waals surface area contributed by atoms with Gasteiger partial charge in [-0.15, -0.1) is 0 Å². The lowest BCUT2D eigenvalue weighted by Crippen LogP contribution is -2.44. The van der Waals surface area contributed by atoms with Crippen LogP contribution in [0.2, 0.25) is 0 Å². The number of nitrogens with one attached hydrogen (secondary N) is 1. The van der Waals surface area contributed by atoms with Gasteiger partial charge in [0.05, 0.1) is 62.5 Å². The van der Waals surface area contributed by atoms with Crippen molar-refractivity contribution in [2.24, 2.45) is 15.7 Å². The van der Waals surface area contributed by atoms with Gasteiger partial charge in [0.1, 0.15) is 6.23 Å². The molecule has 1 unspecified atom stereocenters. The number of amides is 2. The van der Waals surface area contributed by atoms with Crippen molar-refractivity contribution >= 4 is 41.3 Å². The van der Waals surface area contributed by atoms with Crippen LogP contribution >= 0.6 is 0 Å². The van der Waals surface area contributed by atoms with Crippen LogP contribution in [0.3, 0.4) is 0 Å². The van der Waals surface area contributed by atoms with E-state index >= 15 is 0 Å². The highest BCUT2D eigenvalue weighted by Crippen LogP contribution is 2.40. The van der Waals surface area contributed by atoms with E-state index in [9.17, 15) is 14.7 Å². The summed E-state index contributed by atoms with van der Waals surface area (Å²) in [6.07, 6.45) is 6.64. The Hall–Kier alpha value is -5.92. The molecule has 4 aromatic carbocycles. The van der Waals surface area contributed by atoms with Crippen molar-refractivity contribution in [2.75, 3.05) is 45.8 Å². The summed E-state index contributed by atoms with van der Waals surface area (Å²) in [6.45, 7) is 4.40. The minimum atomic E-state index is -0.852. The lowest BCUT2D eigenvalue weighted by atomic mass is 9.93. The number of methoxy groups -OCH3 is 2. The van der Waals surface area contributed by atoms with Gasteiger partial charge in [-0.2, -0.15) is 0 Å². The predicted molar refractivity (Wildman–Crippen MR) is 220 cm³/mol. The Morgan fingerprint density at radius 1 is 0.825 bits per heavy atom. The maximum absolute atomic E-state index is 13.9. The predicted octanol–water partition coefficient (Wildman–Crippen LogP) is 6.22. The number of nitrogens with two attached hydrogens (primary N) is 1. The average molecular weight is 775 g/mol. The molecule has 13 heteroatoms. The molecule has 0 aromatic heterocycles. The number of benzene rings is 4.